The second kappa shape index (κ2) is 9.11. The summed E-state index contributed by atoms with van der Waals surface area (Å²) in [7, 11) is -2.26. The number of halogens is 2. The Balaban J connectivity index is 0.00000280. The van der Waals surface area contributed by atoms with Crippen LogP contribution in [0.3, 0.4) is 0 Å². The zero-order valence-electron chi connectivity index (χ0n) is 15.3. The van der Waals surface area contributed by atoms with Crippen LogP contribution in [0.4, 0.5) is 4.39 Å². The van der Waals surface area contributed by atoms with E-state index in [1.807, 2.05) is 0 Å². The van der Waals surface area contributed by atoms with Crippen molar-refractivity contribution in [2.24, 2.45) is 0 Å². The third-order valence-corrected chi connectivity index (χ3v) is 6.66. The van der Waals surface area contributed by atoms with Crippen molar-refractivity contribution >= 4 is 33.6 Å². The minimum atomic E-state index is -4.00. The highest BCUT2D eigenvalue weighted by molar-refractivity contribution is 7.91. The van der Waals surface area contributed by atoms with Crippen molar-refractivity contribution in [3.05, 3.63) is 72.2 Å². The van der Waals surface area contributed by atoms with E-state index in [-0.39, 0.29) is 28.6 Å². The van der Waals surface area contributed by atoms with Crippen molar-refractivity contribution < 1.29 is 17.4 Å². The zero-order chi connectivity index (χ0) is 19.6. The average Bonchev–Trinajstić information content (AvgIpc) is 3.07. The van der Waals surface area contributed by atoms with Crippen molar-refractivity contribution in [2.75, 3.05) is 13.3 Å². The van der Waals surface area contributed by atoms with E-state index in [2.05, 4.69) is 5.32 Å². The number of hydrogen-bond donors (Lipinski definition) is 1. The standard InChI is InChI=1S/C19H19FN2O3S2.ClH/c1-21-12-14-10-19(17-8-3-4-9-18(17)20)22(13-14)27(24,25)16-7-5-6-15(11-16)26(2)23;/h3-11,13,21H,12H2,1-2H3;1H. The Bertz CT molecular complexity index is 1070. The Hall–Kier alpha value is -1.84. The second-order valence-corrected chi connectivity index (χ2v) is 9.17. The zero-order valence-corrected chi connectivity index (χ0v) is 17.7. The van der Waals surface area contributed by atoms with Crippen LogP contribution >= 0.6 is 12.4 Å². The molecule has 2 aromatic carbocycles. The molecule has 3 aromatic rings. The maximum atomic E-state index is 14.3. The molecule has 0 aliphatic rings. The molecule has 0 bridgehead atoms. The largest absolute Gasteiger partial charge is 0.612 e. The highest BCUT2D eigenvalue weighted by Gasteiger charge is 2.24. The normalized spacial score (nSPS) is 12.4. The highest BCUT2D eigenvalue weighted by atomic mass is 35.5. The van der Waals surface area contributed by atoms with Gasteiger partial charge >= 0.3 is 0 Å². The van der Waals surface area contributed by atoms with Crippen LogP contribution in [0.25, 0.3) is 11.3 Å². The minimum absolute atomic E-state index is 0. The number of hydrogen-bond acceptors (Lipinski definition) is 4. The molecule has 1 N–H and O–H groups in total. The SMILES string of the molecule is CNCc1cc(-c2ccccc2F)n(S(=O)(=O)c2cccc([S+](C)[O-])c2)c1.Cl. The fourth-order valence-electron chi connectivity index (χ4n) is 2.79. The van der Waals surface area contributed by atoms with Gasteiger partial charge in [0, 0.05) is 24.4 Å². The summed E-state index contributed by atoms with van der Waals surface area (Å²) in [5.41, 5.74) is 1.13. The summed E-state index contributed by atoms with van der Waals surface area (Å²) in [5, 5.41) is 2.96. The predicted octanol–water partition coefficient (Wildman–Crippen LogP) is 3.41. The average molecular weight is 443 g/mol. The van der Waals surface area contributed by atoms with Gasteiger partial charge in [0.15, 0.2) is 4.90 Å². The first-order valence-corrected chi connectivity index (χ1v) is 11.1. The Morgan fingerprint density at radius 1 is 1.14 bits per heavy atom. The monoisotopic (exact) mass is 442 g/mol. The first-order chi connectivity index (χ1) is 12.8. The molecule has 1 heterocycles. The third kappa shape index (κ3) is 4.42. The Kier molecular flexibility index (Phi) is 7.30. The molecule has 0 radical (unpaired) electrons. The van der Waals surface area contributed by atoms with Gasteiger partial charge in [0.2, 0.25) is 0 Å². The first kappa shape index (κ1) is 22.4. The van der Waals surface area contributed by atoms with E-state index in [9.17, 15) is 17.4 Å². The van der Waals surface area contributed by atoms with Crippen LogP contribution in [0.1, 0.15) is 5.56 Å². The Morgan fingerprint density at radius 3 is 2.50 bits per heavy atom. The number of nitrogens with zero attached hydrogens (tertiary/aromatic N) is 1. The molecule has 3 rings (SSSR count). The number of benzene rings is 2. The van der Waals surface area contributed by atoms with Crippen LogP contribution in [0.15, 0.2) is 70.6 Å². The highest BCUT2D eigenvalue weighted by Crippen LogP contribution is 2.29. The first-order valence-electron chi connectivity index (χ1n) is 8.14. The summed E-state index contributed by atoms with van der Waals surface area (Å²) in [5.74, 6) is -0.508. The number of rotatable bonds is 6. The quantitative estimate of drug-likeness (QED) is 0.593. The molecule has 9 heteroatoms. The van der Waals surface area contributed by atoms with Crippen LogP contribution < -0.4 is 5.32 Å². The molecule has 0 fully saturated rings. The molecule has 0 spiro atoms. The third-order valence-electron chi connectivity index (χ3n) is 4.07. The molecule has 0 saturated carbocycles. The van der Waals surface area contributed by atoms with Crippen molar-refractivity contribution in [1.29, 1.82) is 0 Å². The predicted molar refractivity (Wildman–Crippen MR) is 111 cm³/mol. The molecule has 1 aromatic heterocycles. The van der Waals surface area contributed by atoms with Crippen LogP contribution in [0, 0.1) is 5.82 Å². The van der Waals surface area contributed by atoms with Crippen molar-refractivity contribution in [3.8, 4) is 11.3 Å². The molecule has 1 unspecified atom stereocenters. The fraction of sp³-hybridized carbons (Fsp3) is 0.158. The van der Waals surface area contributed by atoms with Gasteiger partial charge in [0.05, 0.1) is 10.6 Å². The van der Waals surface area contributed by atoms with Gasteiger partial charge in [-0.25, -0.2) is 16.8 Å². The Labute approximate surface area is 173 Å². The van der Waals surface area contributed by atoms with E-state index in [0.717, 1.165) is 3.97 Å². The molecular weight excluding hydrogens is 423 g/mol. The van der Waals surface area contributed by atoms with Gasteiger partial charge in [0.25, 0.3) is 10.0 Å². The van der Waals surface area contributed by atoms with Gasteiger partial charge in [-0.1, -0.05) is 18.2 Å². The molecule has 150 valence electrons. The number of aromatic nitrogens is 1. The molecule has 1 atom stereocenters. The molecule has 5 nitrogen and oxygen atoms in total. The van der Waals surface area contributed by atoms with E-state index in [4.69, 9.17) is 0 Å². The second-order valence-electron chi connectivity index (χ2n) is 5.97. The molecule has 28 heavy (non-hydrogen) atoms. The van der Waals surface area contributed by atoms with Crippen LogP contribution in [-0.4, -0.2) is 30.2 Å². The topological polar surface area (TPSA) is 74.2 Å². The van der Waals surface area contributed by atoms with E-state index in [1.54, 1.807) is 37.4 Å². The van der Waals surface area contributed by atoms with Crippen molar-refractivity contribution in [2.45, 2.75) is 16.3 Å². The lowest BCUT2D eigenvalue weighted by atomic mass is 10.1. The van der Waals surface area contributed by atoms with Gasteiger partial charge in [-0.3, -0.25) is 0 Å². The molecule has 0 saturated heterocycles. The summed E-state index contributed by atoms with van der Waals surface area (Å²) in [4.78, 5) is 0.408. The fourth-order valence-corrected chi connectivity index (χ4v) is 4.86. The maximum absolute atomic E-state index is 14.3. The van der Waals surface area contributed by atoms with Crippen molar-refractivity contribution in [1.82, 2.24) is 9.29 Å². The van der Waals surface area contributed by atoms with E-state index in [1.165, 1.54) is 36.7 Å². The summed E-state index contributed by atoms with van der Waals surface area (Å²) < 4.78 is 53.7. The summed E-state index contributed by atoms with van der Waals surface area (Å²) in [6.07, 6.45) is 2.96. The van der Waals surface area contributed by atoms with Gasteiger partial charge in [0.1, 0.15) is 12.1 Å². The molecular formula is C19H20ClFN2O3S2. The molecule has 0 aliphatic heterocycles. The van der Waals surface area contributed by atoms with E-state index < -0.39 is 27.0 Å². The van der Waals surface area contributed by atoms with Crippen LogP contribution in [0.5, 0.6) is 0 Å². The van der Waals surface area contributed by atoms with Gasteiger partial charge in [-0.05, 0) is 54.1 Å². The smallest absolute Gasteiger partial charge is 0.268 e. The van der Waals surface area contributed by atoms with Crippen molar-refractivity contribution in [3.63, 3.8) is 0 Å². The lowest BCUT2D eigenvalue weighted by Gasteiger charge is -2.12. The minimum Gasteiger partial charge on any atom is -0.612 e. The van der Waals surface area contributed by atoms with Crippen LogP contribution in [0.2, 0.25) is 0 Å². The molecule has 0 aliphatic carbocycles. The summed E-state index contributed by atoms with van der Waals surface area (Å²) >= 11 is -1.32. The summed E-state index contributed by atoms with van der Waals surface area (Å²) in [6, 6.07) is 13.7. The molecule has 0 amide bonds. The van der Waals surface area contributed by atoms with Gasteiger partial charge < -0.3 is 9.87 Å². The van der Waals surface area contributed by atoms with Gasteiger partial charge in [-0.15, -0.1) is 12.4 Å². The van der Waals surface area contributed by atoms with Crippen LogP contribution in [-0.2, 0) is 27.7 Å². The van der Waals surface area contributed by atoms with Gasteiger partial charge in [-0.2, -0.15) is 0 Å². The lowest BCUT2D eigenvalue weighted by Crippen LogP contribution is -2.14. The van der Waals surface area contributed by atoms with E-state index >= 15 is 0 Å². The Morgan fingerprint density at radius 2 is 1.86 bits per heavy atom. The lowest BCUT2D eigenvalue weighted by molar-refractivity contribution is 0.587. The summed E-state index contributed by atoms with van der Waals surface area (Å²) in [6.45, 7) is 0.434. The maximum Gasteiger partial charge on any atom is 0.268 e. The number of nitrogens with one attached hydrogen (secondary N) is 1. The van der Waals surface area contributed by atoms with E-state index in [0.29, 0.717) is 17.0 Å².